The molecule has 1 aliphatic rings. The fraction of sp³-hybridized carbons (Fsp3) is 0.185. The smallest absolute Gasteiger partial charge is 0.293 e. The number of aryl methyl sites for hydroxylation is 2. The second-order valence-corrected chi connectivity index (χ2v) is 9.23. The van der Waals surface area contributed by atoms with E-state index in [0.717, 1.165) is 39.8 Å². The topological polar surface area (TPSA) is 99.0 Å². The molecule has 4 rings (SSSR count). The Morgan fingerprint density at radius 3 is 2.39 bits per heavy atom. The Labute approximate surface area is 212 Å². The molecule has 1 fully saturated rings. The number of amides is 2. The minimum atomic E-state index is -0.446. The molecular weight excluding hydrogens is 480 g/mol. The van der Waals surface area contributed by atoms with Gasteiger partial charge in [-0.05, 0) is 84.3 Å². The molecule has 0 bridgehead atoms. The lowest BCUT2D eigenvalue weighted by atomic mass is 10.1. The Bertz CT molecular complexity index is 1320. The summed E-state index contributed by atoms with van der Waals surface area (Å²) in [4.78, 5) is 37.0. The Kier molecular flexibility index (Phi) is 7.70. The van der Waals surface area contributed by atoms with E-state index in [1.54, 1.807) is 42.5 Å². The Morgan fingerprint density at radius 1 is 0.972 bits per heavy atom. The quantitative estimate of drug-likeness (QED) is 0.203. The summed E-state index contributed by atoms with van der Waals surface area (Å²) < 4.78 is 11.5. The first kappa shape index (κ1) is 25.0. The van der Waals surface area contributed by atoms with Gasteiger partial charge in [-0.3, -0.25) is 24.6 Å². The molecule has 184 valence electrons. The monoisotopic (exact) mass is 504 g/mol. The molecule has 3 aromatic rings. The van der Waals surface area contributed by atoms with E-state index in [4.69, 9.17) is 9.47 Å². The highest BCUT2D eigenvalue weighted by molar-refractivity contribution is 8.18. The predicted octanol–water partition coefficient (Wildman–Crippen LogP) is 5.91. The molecule has 0 spiro atoms. The molecule has 0 saturated carbocycles. The number of thioether (sulfide) groups is 1. The van der Waals surface area contributed by atoms with Gasteiger partial charge < -0.3 is 9.47 Å². The van der Waals surface area contributed by atoms with Gasteiger partial charge in [-0.1, -0.05) is 24.3 Å². The van der Waals surface area contributed by atoms with Crippen LogP contribution in [-0.4, -0.2) is 34.1 Å². The van der Waals surface area contributed by atoms with Crippen LogP contribution in [0.5, 0.6) is 11.5 Å². The number of carbonyl (C=O) groups excluding carboxylic acids is 2. The summed E-state index contributed by atoms with van der Waals surface area (Å²) in [5.74, 6) is 1.02. The van der Waals surface area contributed by atoms with E-state index in [2.05, 4.69) is 0 Å². The molecule has 0 aliphatic carbocycles. The van der Waals surface area contributed by atoms with Crippen LogP contribution in [-0.2, 0) is 11.4 Å². The lowest BCUT2D eigenvalue weighted by Crippen LogP contribution is -2.32. The molecule has 2 amide bonds. The molecule has 0 unspecified atom stereocenters. The van der Waals surface area contributed by atoms with Gasteiger partial charge in [0, 0.05) is 12.1 Å². The van der Waals surface area contributed by atoms with Crippen molar-refractivity contribution in [1.82, 2.24) is 4.90 Å². The third kappa shape index (κ3) is 6.11. The number of ether oxygens (including phenoxy) is 2. The van der Waals surface area contributed by atoms with Gasteiger partial charge in [0.05, 0.1) is 16.4 Å². The molecular formula is C27H24N2O6S. The highest BCUT2D eigenvalue weighted by Gasteiger charge is 2.34. The number of nitro benzene ring substituents is 1. The summed E-state index contributed by atoms with van der Waals surface area (Å²) in [6.07, 6.45) is 1.68. The largest absolute Gasteiger partial charge is 0.491 e. The SMILES string of the molecule is Cc1ccc(C)c(OCCN2C(=O)S/C(=C\c3ccc(OCc4ccc([N+](=O)[O-])cc4)cc3)C2=O)c1. The van der Waals surface area contributed by atoms with Gasteiger partial charge in [0.2, 0.25) is 0 Å². The average molecular weight is 505 g/mol. The summed E-state index contributed by atoms with van der Waals surface area (Å²) in [6.45, 7) is 4.58. The zero-order chi connectivity index (χ0) is 25.7. The first-order chi connectivity index (χ1) is 17.3. The molecule has 0 N–H and O–H groups in total. The Morgan fingerprint density at radius 2 is 1.69 bits per heavy atom. The minimum Gasteiger partial charge on any atom is -0.491 e. The number of non-ortho nitro benzene ring substituents is 1. The number of hydrogen-bond acceptors (Lipinski definition) is 7. The normalized spacial score (nSPS) is 14.4. The number of rotatable bonds is 9. The maximum absolute atomic E-state index is 12.8. The van der Waals surface area contributed by atoms with Crippen molar-refractivity contribution >= 4 is 34.7 Å². The maximum Gasteiger partial charge on any atom is 0.293 e. The standard InChI is InChI=1S/C27H24N2O6S/c1-18-3-4-19(2)24(15-18)34-14-13-28-26(30)25(36-27(28)31)16-20-7-11-23(12-8-20)35-17-21-5-9-22(10-6-21)29(32)33/h3-12,15-16H,13-14,17H2,1-2H3/b25-16-. The van der Waals surface area contributed by atoms with Gasteiger partial charge in [0.15, 0.2) is 0 Å². The van der Waals surface area contributed by atoms with Crippen LogP contribution >= 0.6 is 11.8 Å². The molecule has 0 radical (unpaired) electrons. The van der Waals surface area contributed by atoms with Gasteiger partial charge in [-0.15, -0.1) is 0 Å². The summed E-state index contributed by atoms with van der Waals surface area (Å²) >= 11 is 0.907. The lowest BCUT2D eigenvalue weighted by molar-refractivity contribution is -0.384. The van der Waals surface area contributed by atoms with Crippen LogP contribution in [0.1, 0.15) is 22.3 Å². The third-order valence-corrected chi connectivity index (χ3v) is 6.43. The van der Waals surface area contributed by atoms with Gasteiger partial charge >= 0.3 is 0 Å². The molecule has 36 heavy (non-hydrogen) atoms. The Hall–Kier alpha value is -4.11. The van der Waals surface area contributed by atoms with Crippen molar-refractivity contribution in [3.63, 3.8) is 0 Å². The molecule has 0 aromatic heterocycles. The van der Waals surface area contributed by atoms with Gasteiger partial charge in [-0.25, -0.2) is 0 Å². The van der Waals surface area contributed by atoms with Crippen molar-refractivity contribution in [2.45, 2.75) is 20.5 Å². The van der Waals surface area contributed by atoms with Crippen LogP contribution in [0.15, 0.2) is 71.6 Å². The van der Waals surface area contributed by atoms with E-state index in [1.165, 1.54) is 17.0 Å². The van der Waals surface area contributed by atoms with Crippen molar-refractivity contribution in [2.75, 3.05) is 13.2 Å². The minimum absolute atomic E-state index is 0.0291. The molecule has 1 heterocycles. The molecule has 8 nitrogen and oxygen atoms in total. The summed E-state index contributed by atoms with van der Waals surface area (Å²) in [7, 11) is 0. The van der Waals surface area contributed by atoms with E-state index in [-0.39, 0.29) is 36.6 Å². The van der Waals surface area contributed by atoms with Crippen LogP contribution in [0.4, 0.5) is 10.5 Å². The molecule has 3 aromatic carbocycles. The van der Waals surface area contributed by atoms with Crippen LogP contribution in [0, 0.1) is 24.0 Å². The number of nitrogens with zero attached hydrogens (tertiary/aromatic N) is 2. The molecule has 0 atom stereocenters. The fourth-order valence-electron chi connectivity index (χ4n) is 3.49. The zero-order valence-electron chi connectivity index (χ0n) is 19.8. The van der Waals surface area contributed by atoms with Gasteiger partial charge in [0.1, 0.15) is 24.7 Å². The fourth-order valence-corrected chi connectivity index (χ4v) is 4.36. The van der Waals surface area contributed by atoms with Crippen LogP contribution in [0.2, 0.25) is 0 Å². The average Bonchev–Trinajstić information content (AvgIpc) is 3.13. The van der Waals surface area contributed by atoms with Crippen molar-refractivity contribution in [1.29, 1.82) is 0 Å². The summed E-state index contributed by atoms with van der Waals surface area (Å²) in [6, 6.07) is 19.2. The van der Waals surface area contributed by atoms with Gasteiger partial charge in [0.25, 0.3) is 16.8 Å². The van der Waals surface area contributed by atoms with E-state index in [9.17, 15) is 19.7 Å². The number of benzene rings is 3. The summed E-state index contributed by atoms with van der Waals surface area (Å²) in [5.41, 5.74) is 3.67. The first-order valence-electron chi connectivity index (χ1n) is 11.2. The number of hydrogen-bond donors (Lipinski definition) is 0. The van der Waals surface area contributed by atoms with Crippen molar-refractivity contribution in [3.8, 4) is 11.5 Å². The van der Waals surface area contributed by atoms with Crippen LogP contribution in [0.3, 0.4) is 0 Å². The second-order valence-electron chi connectivity index (χ2n) is 8.23. The molecule has 9 heteroatoms. The first-order valence-corrected chi connectivity index (χ1v) is 12.0. The van der Waals surface area contributed by atoms with Gasteiger partial charge in [-0.2, -0.15) is 0 Å². The van der Waals surface area contributed by atoms with Crippen LogP contribution in [0.25, 0.3) is 6.08 Å². The molecule has 1 aliphatic heterocycles. The number of nitro groups is 1. The van der Waals surface area contributed by atoms with E-state index in [0.29, 0.717) is 10.7 Å². The van der Waals surface area contributed by atoms with Crippen molar-refractivity contribution in [3.05, 3.63) is 104 Å². The van der Waals surface area contributed by atoms with Crippen molar-refractivity contribution in [2.24, 2.45) is 0 Å². The lowest BCUT2D eigenvalue weighted by Gasteiger charge is -2.14. The predicted molar refractivity (Wildman–Crippen MR) is 138 cm³/mol. The van der Waals surface area contributed by atoms with Crippen molar-refractivity contribution < 1.29 is 24.0 Å². The highest BCUT2D eigenvalue weighted by Crippen LogP contribution is 2.32. The molecule has 1 saturated heterocycles. The summed E-state index contributed by atoms with van der Waals surface area (Å²) in [5, 5.41) is 10.4. The maximum atomic E-state index is 12.8. The second kappa shape index (κ2) is 11.1. The van der Waals surface area contributed by atoms with E-state index < -0.39 is 4.92 Å². The van der Waals surface area contributed by atoms with E-state index in [1.807, 2.05) is 32.0 Å². The third-order valence-electron chi connectivity index (χ3n) is 5.52. The highest BCUT2D eigenvalue weighted by atomic mass is 32.2. The number of imide groups is 1. The Balaban J connectivity index is 1.32. The number of carbonyl (C=O) groups is 2. The van der Waals surface area contributed by atoms with E-state index >= 15 is 0 Å². The zero-order valence-corrected chi connectivity index (χ0v) is 20.6. The van der Waals surface area contributed by atoms with Crippen LogP contribution < -0.4 is 9.47 Å².